The fraction of sp³-hybridized carbons (Fsp3) is 0.714. The van der Waals surface area contributed by atoms with Gasteiger partial charge in [-0.15, -0.1) is 0 Å². The first-order chi connectivity index (χ1) is 8.95. The summed E-state index contributed by atoms with van der Waals surface area (Å²) in [5.41, 5.74) is -0.0422. The molecule has 1 aromatic rings. The predicted octanol–water partition coefficient (Wildman–Crippen LogP) is 3.38. The Morgan fingerprint density at radius 2 is 2.21 bits per heavy atom. The second kappa shape index (κ2) is 6.18. The van der Waals surface area contributed by atoms with Crippen molar-refractivity contribution in [2.45, 2.75) is 39.0 Å². The highest BCUT2D eigenvalue weighted by atomic mass is 79.9. The second-order valence-corrected chi connectivity index (χ2v) is 6.91. The molecule has 0 saturated carbocycles. The molecule has 2 rings (SSSR count). The summed E-state index contributed by atoms with van der Waals surface area (Å²) in [7, 11) is 0. The molecule has 0 spiro atoms. The number of ether oxygens (including phenoxy) is 1. The van der Waals surface area contributed by atoms with E-state index < -0.39 is 0 Å². The minimum absolute atomic E-state index is 0.0422. The fourth-order valence-corrected chi connectivity index (χ4v) is 2.44. The average molecular weight is 328 g/mol. The van der Waals surface area contributed by atoms with Crippen LogP contribution in [0.1, 0.15) is 39.4 Å². The molecule has 5 heteroatoms. The average Bonchev–Trinajstić information content (AvgIpc) is 2.80. The third kappa shape index (κ3) is 4.42. The smallest absolute Gasteiger partial charge is 0.137 e. The van der Waals surface area contributed by atoms with Crippen LogP contribution in [0.5, 0.6) is 0 Å². The lowest BCUT2D eigenvalue weighted by atomic mass is 9.96. The number of hydrogen-bond donors (Lipinski definition) is 1. The summed E-state index contributed by atoms with van der Waals surface area (Å²) in [5, 5.41) is 3.39. The zero-order valence-electron chi connectivity index (χ0n) is 11.9. The van der Waals surface area contributed by atoms with Crippen molar-refractivity contribution in [3.05, 3.63) is 16.5 Å². The van der Waals surface area contributed by atoms with E-state index in [9.17, 15) is 0 Å². The van der Waals surface area contributed by atoms with Gasteiger partial charge in [-0.2, -0.15) is 0 Å². The monoisotopic (exact) mass is 327 g/mol. The maximum atomic E-state index is 5.38. The van der Waals surface area contributed by atoms with Crippen LogP contribution in [0.4, 0.5) is 5.82 Å². The molecule has 1 unspecified atom stereocenters. The Kier molecular flexibility index (Phi) is 4.79. The summed E-state index contributed by atoms with van der Waals surface area (Å²) in [6.45, 7) is 9.11. The van der Waals surface area contributed by atoms with E-state index in [1.165, 1.54) is 6.42 Å². The van der Waals surface area contributed by atoms with Crippen LogP contribution >= 0.6 is 15.9 Å². The van der Waals surface area contributed by atoms with Crippen LogP contribution < -0.4 is 5.32 Å². The van der Waals surface area contributed by atoms with Gasteiger partial charge < -0.3 is 10.1 Å². The summed E-state index contributed by atoms with van der Waals surface area (Å²) in [6, 6.07) is 1.93. The number of nitrogens with one attached hydrogen (secondary N) is 1. The second-order valence-electron chi connectivity index (χ2n) is 6.09. The van der Waals surface area contributed by atoms with Crippen molar-refractivity contribution in [1.82, 2.24) is 9.97 Å². The van der Waals surface area contributed by atoms with E-state index >= 15 is 0 Å². The Morgan fingerprint density at radius 3 is 2.84 bits per heavy atom. The minimum Gasteiger partial charge on any atom is -0.381 e. The van der Waals surface area contributed by atoms with Gasteiger partial charge in [-0.1, -0.05) is 20.8 Å². The van der Waals surface area contributed by atoms with Gasteiger partial charge in [-0.05, 0) is 34.7 Å². The third-order valence-electron chi connectivity index (χ3n) is 3.25. The Labute approximate surface area is 123 Å². The first-order valence-corrected chi connectivity index (χ1v) is 7.61. The van der Waals surface area contributed by atoms with Crippen molar-refractivity contribution in [3.63, 3.8) is 0 Å². The molecule has 1 aliphatic rings. The lowest BCUT2D eigenvalue weighted by Gasteiger charge is -2.18. The molecule has 0 bridgehead atoms. The van der Waals surface area contributed by atoms with Gasteiger partial charge in [0.15, 0.2) is 0 Å². The summed E-state index contributed by atoms with van der Waals surface area (Å²) >= 11 is 3.45. The summed E-state index contributed by atoms with van der Waals surface area (Å²) in [4.78, 5) is 9.02. The molecular weight excluding hydrogens is 306 g/mol. The molecule has 2 heterocycles. The molecule has 0 amide bonds. The number of anilines is 1. The zero-order valence-corrected chi connectivity index (χ0v) is 13.5. The molecular formula is C14H22BrN3O. The first kappa shape index (κ1) is 14.7. The molecule has 1 aromatic heterocycles. The molecule has 106 valence electrons. The van der Waals surface area contributed by atoms with Gasteiger partial charge in [0.1, 0.15) is 16.2 Å². The maximum absolute atomic E-state index is 5.38. The van der Waals surface area contributed by atoms with Crippen molar-refractivity contribution in [2.75, 3.05) is 25.1 Å². The van der Waals surface area contributed by atoms with Crippen molar-refractivity contribution in [1.29, 1.82) is 0 Å². The summed E-state index contributed by atoms with van der Waals surface area (Å²) in [5.74, 6) is 2.44. The van der Waals surface area contributed by atoms with Gasteiger partial charge in [0, 0.05) is 31.2 Å². The molecule has 19 heavy (non-hydrogen) atoms. The lowest BCUT2D eigenvalue weighted by molar-refractivity contribution is 0.185. The van der Waals surface area contributed by atoms with Crippen molar-refractivity contribution in [2.24, 2.45) is 5.92 Å². The SMILES string of the molecule is CC(C)(C)c1nc(Br)cc(NCCC2CCOC2)n1. The van der Waals surface area contributed by atoms with Crippen LogP contribution in [0.25, 0.3) is 0 Å². The number of nitrogens with zero attached hydrogens (tertiary/aromatic N) is 2. The number of hydrogen-bond acceptors (Lipinski definition) is 4. The van der Waals surface area contributed by atoms with Crippen LogP contribution in [-0.2, 0) is 10.2 Å². The standard InChI is InChI=1S/C14H22BrN3O/c1-14(2,3)13-17-11(15)8-12(18-13)16-6-4-10-5-7-19-9-10/h8,10H,4-7,9H2,1-3H3,(H,16,17,18). The van der Waals surface area contributed by atoms with Gasteiger partial charge in [-0.3, -0.25) is 0 Å². The van der Waals surface area contributed by atoms with E-state index in [4.69, 9.17) is 4.74 Å². The lowest BCUT2D eigenvalue weighted by Crippen LogP contribution is -2.18. The molecule has 1 saturated heterocycles. The van der Waals surface area contributed by atoms with E-state index in [0.717, 1.165) is 42.4 Å². The normalized spacial score (nSPS) is 19.7. The quantitative estimate of drug-likeness (QED) is 0.861. The van der Waals surface area contributed by atoms with E-state index in [2.05, 4.69) is 52.0 Å². The Hall–Kier alpha value is -0.680. The van der Waals surface area contributed by atoms with E-state index in [0.29, 0.717) is 5.92 Å². The predicted molar refractivity (Wildman–Crippen MR) is 80.5 cm³/mol. The van der Waals surface area contributed by atoms with Crippen molar-refractivity contribution >= 4 is 21.7 Å². The van der Waals surface area contributed by atoms with Crippen molar-refractivity contribution < 1.29 is 4.74 Å². The van der Waals surface area contributed by atoms with E-state index in [1.807, 2.05) is 6.07 Å². The molecule has 1 aliphatic heterocycles. The number of rotatable bonds is 4. The largest absolute Gasteiger partial charge is 0.381 e. The zero-order chi connectivity index (χ0) is 13.9. The number of halogens is 1. The first-order valence-electron chi connectivity index (χ1n) is 6.82. The third-order valence-corrected chi connectivity index (χ3v) is 3.65. The van der Waals surface area contributed by atoms with Crippen LogP contribution in [0.3, 0.4) is 0 Å². The van der Waals surface area contributed by atoms with Gasteiger partial charge >= 0.3 is 0 Å². The molecule has 1 fully saturated rings. The van der Waals surface area contributed by atoms with Gasteiger partial charge in [0.25, 0.3) is 0 Å². The van der Waals surface area contributed by atoms with Gasteiger partial charge in [0.05, 0.1) is 0 Å². The minimum atomic E-state index is -0.0422. The molecule has 4 nitrogen and oxygen atoms in total. The summed E-state index contributed by atoms with van der Waals surface area (Å²) < 4.78 is 6.21. The summed E-state index contributed by atoms with van der Waals surface area (Å²) in [6.07, 6.45) is 2.31. The van der Waals surface area contributed by atoms with Crippen LogP contribution in [0.15, 0.2) is 10.7 Å². The molecule has 1 atom stereocenters. The Morgan fingerprint density at radius 1 is 1.42 bits per heavy atom. The molecule has 1 N–H and O–H groups in total. The molecule has 0 aliphatic carbocycles. The highest BCUT2D eigenvalue weighted by Gasteiger charge is 2.19. The molecule has 0 aromatic carbocycles. The number of aromatic nitrogens is 2. The van der Waals surface area contributed by atoms with Crippen LogP contribution in [0.2, 0.25) is 0 Å². The molecule has 0 radical (unpaired) electrons. The fourth-order valence-electron chi connectivity index (χ4n) is 2.06. The van der Waals surface area contributed by atoms with E-state index in [1.54, 1.807) is 0 Å². The van der Waals surface area contributed by atoms with E-state index in [-0.39, 0.29) is 5.41 Å². The topological polar surface area (TPSA) is 47.0 Å². The van der Waals surface area contributed by atoms with Crippen LogP contribution in [0, 0.1) is 5.92 Å². The Balaban J connectivity index is 1.94. The Bertz CT molecular complexity index is 425. The van der Waals surface area contributed by atoms with Gasteiger partial charge in [-0.25, -0.2) is 9.97 Å². The highest BCUT2D eigenvalue weighted by Crippen LogP contribution is 2.23. The maximum Gasteiger partial charge on any atom is 0.137 e. The van der Waals surface area contributed by atoms with Crippen molar-refractivity contribution in [3.8, 4) is 0 Å². The van der Waals surface area contributed by atoms with Gasteiger partial charge in [0.2, 0.25) is 0 Å². The van der Waals surface area contributed by atoms with Crippen LogP contribution in [-0.4, -0.2) is 29.7 Å². The highest BCUT2D eigenvalue weighted by molar-refractivity contribution is 9.10.